The van der Waals surface area contributed by atoms with Crippen LogP contribution < -0.4 is 10.6 Å². The summed E-state index contributed by atoms with van der Waals surface area (Å²) in [5, 5.41) is 5.11. The zero-order chi connectivity index (χ0) is 13.7. The van der Waals surface area contributed by atoms with Crippen molar-refractivity contribution in [1.82, 2.24) is 0 Å². The zero-order valence-corrected chi connectivity index (χ0v) is 11.2. The second kappa shape index (κ2) is 12.2. The summed E-state index contributed by atoms with van der Waals surface area (Å²) in [7, 11) is 0. The van der Waals surface area contributed by atoms with Crippen LogP contribution in [0.15, 0.2) is 24.3 Å². The van der Waals surface area contributed by atoms with E-state index >= 15 is 0 Å². The molecule has 0 aliphatic heterocycles. The average molecular weight is 238 g/mol. The summed E-state index contributed by atoms with van der Waals surface area (Å²) in [4.78, 5) is 20.7. The number of benzene rings is 1. The molecular formula is C13H22N2O2. The van der Waals surface area contributed by atoms with Gasteiger partial charge in [-0.15, -0.1) is 0 Å². The van der Waals surface area contributed by atoms with Gasteiger partial charge in [-0.1, -0.05) is 27.7 Å². The van der Waals surface area contributed by atoms with E-state index in [4.69, 9.17) is 0 Å². The van der Waals surface area contributed by atoms with Crippen LogP contribution in [0.1, 0.15) is 34.6 Å². The highest BCUT2D eigenvalue weighted by Gasteiger charge is 1.94. The van der Waals surface area contributed by atoms with E-state index in [0.717, 1.165) is 0 Å². The Morgan fingerprint density at radius 2 is 1.41 bits per heavy atom. The molecule has 4 nitrogen and oxygen atoms in total. The van der Waals surface area contributed by atoms with Crippen molar-refractivity contribution in [2.24, 2.45) is 0 Å². The van der Waals surface area contributed by atoms with Crippen LogP contribution in [0.4, 0.5) is 11.4 Å². The van der Waals surface area contributed by atoms with Gasteiger partial charge in [-0.2, -0.15) is 0 Å². The molecule has 0 radical (unpaired) electrons. The molecule has 0 aromatic heterocycles. The number of anilines is 2. The zero-order valence-electron chi connectivity index (χ0n) is 11.2. The highest BCUT2D eigenvalue weighted by atomic mass is 16.1. The number of carbonyl (C=O) groups excluding carboxylic acids is 2. The average Bonchev–Trinajstić information content (AvgIpc) is 2.36. The third-order valence-corrected chi connectivity index (χ3v) is 1.43. The second-order valence-electron chi connectivity index (χ2n) is 2.52. The van der Waals surface area contributed by atoms with Crippen LogP contribution in [0, 0.1) is 0 Å². The van der Waals surface area contributed by atoms with Crippen LogP contribution in [0.3, 0.4) is 0 Å². The van der Waals surface area contributed by atoms with Crippen molar-refractivity contribution < 1.29 is 9.59 Å². The smallest absolute Gasteiger partial charge is 0.221 e. The summed E-state index contributed by atoms with van der Waals surface area (Å²) in [5.41, 5.74) is 1.41. The molecule has 0 fully saturated rings. The molecule has 0 unspecified atom stereocenters. The minimum atomic E-state index is -0.115. The predicted molar refractivity (Wildman–Crippen MR) is 73.1 cm³/mol. The van der Waals surface area contributed by atoms with Crippen molar-refractivity contribution in [2.75, 3.05) is 10.6 Å². The summed E-state index contributed by atoms with van der Waals surface area (Å²) >= 11 is 0. The van der Waals surface area contributed by atoms with Crippen molar-refractivity contribution in [3.63, 3.8) is 0 Å². The molecule has 17 heavy (non-hydrogen) atoms. The minimum absolute atomic E-state index is 0.115. The lowest BCUT2D eigenvalue weighted by Gasteiger charge is -2.02. The van der Waals surface area contributed by atoms with Crippen molar-refractivity contribution >= 4 is 23.7 Å². The van der Waals surface area contributed by atoms with E-state index < -0.39 is 0 Å². The van der Waals surface area contributed by atoms with Crippen LogP contribution in [-0.4, -0.2) is 12.3 Å². The Balaban J connectivity index is 0. The molecule has 1 aromatic carbocycles. The van der Waals surface area contributed by atoms with Gasteiger partial charge in [0.05, 0.1) is 0 Å². The Hall–Kier alpha value is -1.84. The Kier molecular flexibility index (Phi) is 12.6. The van der Waals surface area contributed by atoms with Gasteiger partial charge >= 0.3 is 0 Å². The number of carbonyl (C=O) groups is 2. The van der Waals surface area contributed by atoms with Gasteiger partial charge in [-0.25, -0.2) is 0 Å². The number of amides is 2. The third-order valence-electron chi connectivity index (χ3n) is 1.43. The molecule has 0 aliphatic carbocycles. The van der Waals surface area contributed by atoms with E-state index in [2.05, 4.69) is 10.6 Å². The van der Waals surface area contributed by atoms with Crippen LogP contribution >= 0.6 is 0 Å². The highest BCUT2D eigenvalue weighted by Crippen LogP contribution is 2.12. The molecule has 0 spiro atoms. The standard InChI is InChI=1S/C9H10N2O2.2C2H6/c1-7(13)11-9-4-2-8(3-5-9)10-6-12;2*1-2/h2-6H,1H3,(H,10,12)(H,11,13);2*1-2H3. The van der Waals surface area contributed by atoms with Gasteiger partial charge in [0, 0.05) is 18.3 Å². The first-order valence-electron chi connectivity index (χ1n) is 5.80. The summed E-state index contributed by atoms with van der Waals surface area (Å²) in [5.74, 6) is -0.115. The molecular weight excluding hydrogens is 216 g/mol. The Morgan fingerprint density at radius 3 is 1.76 bits per heavy atom. The maximum atomic E-state index is 10.6. The monoisotopic (exact) mass is 238 g/mol. The number of hydrogen-bond acceptors (Lipinski definition) is 2. The molecule has 4 heteroatoms. The van der Waals surface area contributed by atoms with Crippen LogP contribution in [-0.2, 0) is 9.59 Å². The van der Waals surface area contributed by atoms with Gasteiger partial charge in [-0.3, -0.25) is 9.59 Å². The largest absolute Gasteiger partial charge is 0.329 e. The first-order chi connectivity index (χ1) is 8.22. The highest BCUT2D eigenvalue weighted by molar-refractivity contribution is 5.89. The van der Waals surface area contributed by atoms with Crippen molar-refractivity contribution in [3.8, 4) is 0 Å². The van der Waals surface area contributed by atoms with E-state index in [1.807, 2.05) is 27.7 Å². The van der Waals surface area contributed by atoms with Gasteiger partial charge in [0.15, 0.2) is 0 Å². The fourth-order valence-electron chi connectivity index (χ4n) is 0.921. The molecule has 96 valence electrons. The molecule has 0 bridgehead atoms. The molecule has 1 aromatic rings. The lowest BCUT2D eigenvalue weighted by Crippen LogP contribution is -2.05. The van der Waals surface area contributed by atoms with Crippen LogP contribution in [0.2, 0.25) is 0 Å². The van der Waals surface area contributed by atoms with E-state index in [1.54, 1.807) is 24.3 Å². The Bertz CT molecular complexity index is 308. The number of hydrogen-bond donors (Lipinski definition) is 2. The lowest BCUT2D eigenvalue weighted by molar-refractivity contribution is -0.114. The molecule has 0 heterocycles. The summed E-state index contributed by atoms with van der Waals surface area (Å²) in [6.45, 7) is 9.44. The molecule has 0 atom stereocenters. The summed E-state index contributed by atoms with van der Waals surface area (Å²) in [6, 6.07) is 6.85. The quantitative estimate of drug-likeness (QED) is 0.794. The fraction of sp³-hybridized carbons (Fsp3) is 0.385. The molecule has 0 saturated carbocycles. The van der Waals surface area contributed by atoms with Crippen molar-refractivity contribution in [2.45, 2.75) is 34.6 Å². The number of rotatable bonds is 3. The van der Waals surface area contributed by atoms with E-state index in [-0.39, 0.29) is 5.91 Å². The topological polar surface area (TPSA) is 58.2 Å². The van der Waals surface area contributed by atoms with Crippen LogP contribution in [0.25, 0.3) is 0 Å². The van der Waals surface area contributed by atoms with Crippen molar-refractivity contribution in [1.29, 1.82) is 0 Å². The molecule has 0 saturated heterocycles. The molecule has 2 N–H and O–H groups in total. The number of nitrogens with one attached hydrogen (secondary N) is 2. The lowest BCUT2D eigenvalue weighted by atomic mass is 10.3. The van der Waals surface area contributed by atoms with E-state index in [0.29, 0.717) is 17.8 Å². The molecule has 0 aliphatic rings. The van der Waals surface area contributed by atoms with E-state index in [1.165, 1.54) is 6.92 Å². The second-order valence-corrected chi connectivity index (χ2v) is 2.52. The molecule has 2 amide bonds. The first kappa shape index (κ1) is 17.6. The molecule has 1 rings (SSSR count). The Labute approximate surface area is 103 Å². The van der Waals surface area contributed by atoms with Gasteiger partial charge in [0.2, 0.25) is 12.3 Å². The van der Waals surface area contributed by atoms with Gasteiger partial charge in [-0.05, 0) is 24.3 Å². The van der Waals surface area contributed by atoms with E-state index in [9.17, 15) is 9.59 Å². The normalized spacial score (nSPS) is 7.59. The Morgan fingerprint density at radius 1 is 1.00 bits per heavy atom. The maximum absolute atomic E-state index is 10.6. The fourth-order valence-corrected chi connectivity index (χ4v) is 0.921. The summed E-state index contributed by atoms with van der Waals surface area (Å²) in [6.07, 6.45) is 0.605. The first-order valence-corrected chi connectivity index (χ1v) is 5.80. The van der Waals surface area contributed by atoms with Crippen molar-refractivity contribution in [3.05, 3.63) is 24.3 Å². The predicted octanol–water partition coefficient (Wildman–Crippen LogP) is 3.27. The SMILES string of the molecule is CC.CC.CC(=O)Nc1ccc(NC=O)cc1. The van der Waals surface area contributed by atoms with Gasteiger partial charge < -0.3 is 10.6 Å². The van der Waals surface area contributed by atoms with Crippen LogP contribution in [0.5, 0.6) is 0 Å². The summed E-state index contributed by atoms with van der Waals surface area (Å²) < 4.78 is 0. The minimum Gasteiger partial charge on any atom is -0.329 e. The van der Waals surface area contributed by atoms with Gasteiger partial charge in [0.1, 0.15) is 0 Å². The maximum Gasteiger partial charge on any atom is 0.221 e. The third kappa shape index (κ3) is 9.11. The van der Waals surface area contributed by atoms with Gasteiger partial charge in [0.25, 0.3) is 0 Å².